The van der Waals surface area contributed by atoms with E-state index in [1.54, 1.807) is 0 Å². The molecule has 0 amide bonds. The Bertz CT molecular complexity index is 823. The Morgan fingerprint density at radius 1 is 0.759 bits per heavy atom. The SMILES string of the molecule is C=CC[C@H]1CC[C@H](C2CCC(c3ccc(-c4ccc(C#N)cc4)cc3)CC2)CC1. The van der Waals surface area contributed by atoms with Gasteiger partial charge in [0.2, 0.25) is 0 Å². The first kappa shape index (κ1) is 20.0. The monoisotopic (exact) mass is 383 g/mol. The van der Waals surface area contributed by atoms with Crippen LogP contribution in [0, 0.1) is 29.1 Å². The Morgan fingerprint density at radius 3 is 1.79 bits per heavy atom. The molecule has 0 spiro atoms. The van der Waals surface area contributed by atoms with Crippen LogP contribution in [0.4, 0.5) is 0 Å². The third kappa shape index (κ3) is 4.81. The fourth-order valence-electron chi connectivity index (χ4n) is 5.74. The van der Waals surface area contributed by atoms with Gasteiger partial charge >= 0.3 is 0 Å². The molecule has 150 valence electrons. The van der Waals surface area contributed by atoms with E-state index < -0.39 is 0 Å². The zero-order valence-electron chi connectivity index (χ0n) is 17.5. The molecule has 2 aliphatic rings. The smallest absolute Gasteiger partial charge is 0.0991 e. The highest BCUT2D eigenvalue weighted by Gasteiger charge is 2.30. The number of nitriles is 1. The minimum absolute atomic E-state index is 0.719. The molecule has 1 nitrogen and oxygen atoms in total. The van der Waals surface area contributed by atoms with Gasteiger partial charge in [-0.1, -0.05) is 42.5 Å². The van der Waals surface area contributed by atoms with E-state index in [4.69, 9.17) is 5.26 Å². The summed E-state index contributed by atoms with van der Waals surface area (Å²) in [6, 6.07) is 19.2. The van der Waals surface area contributed by atoms with Crippen molar-refractivity contribution in [3.05, 3.63) is 72.3 Å². The summed E-state index contributed by atoms with van der Waals surface area (Å²) in [6.07, 6.45) is 14.6. The molecule has 0 bridgehead atoms. The Morgan fingerprint density at radius 2 is 1.28 bits per heavy atom. The van der Waals surface area contributed by atoms with Gasteiger partial charge in [0.25, 0.3) is 0 Å². The first-order valence-corrected chi connectivity index (χ1v) is 11.5. The summed E-state index contributed by atoms with van der Waals surface area (Å²) >= 11 is 0. The van der Waals surface area contributed by atoms with E-state index in [9.17, 15) is 0 Å². The van der Waals surface area contributed by atoms with E-state index in [1.165, 1.54) is 74.5 Å². The lowest BCUT2D eigenvalue weighted by Crippen LogP contribution is -2.25. The molecule has 2 fully saturated rings. The van der Waals surface area contributed by atoms with Crippen molar-refractivity contribution in [1.29, 1.82) is 5.26 Å². The second kappa shape index (κ2) is 9.45. The Balaban J connectivity index is 1.31. The van der Waals surface area contributed by atoms with Crippen LogP contribution in [0.5, 0.6) is 0 Å². The molecule has 29 heavy (non-hydrogen) atoms. The number of rotatable bonds is 5. The molecular formula is C28H33N. The van der Waals surface area contributed by atoms with Crippen LogP contribution in [0.25, 0.3) is 11.1 Å². The third-order valence-electron chi connectivity index (χ3n) is 7.56. The number of nitrogens with zero attached hydrogens (tertiary/aromatic N) is 1. The molecule has 2 saturated carbocycles. The lowest BCUT2D eigenvalue weighted by molar-refractivity contribution is 0.161. The standard InChI is InChI=1S/C28H33N/c1-2-3-21-4-8-23(9-5-21)25-12-16-27(17-13-25)28-18-14-26(15-19-28)24-10-6-22(20-29)7-11-24/h2,6-7,10-11,14-15,18-19,21,23,25,27H,1,3-5,8-9,12-13,16-17H2/t21-,23-,25?,27?. The topological polar surface area (TPSA) is 23.8 Å². The second-order valence-electron chi connectivity index (χ2n) is 9.23. The summed E-state index contributed by atoms with van der Waals surface area (Å²) in [4.78, 5) is 0. The van der Waals surface area contributed by atoms with E-state index in [0.717, 1.165) is 29.2 Å². The van der Waals surface area contributed by atoms with Crippen LogP contribution in [0.1, 0.15) is 74.8 Å². The molecule has 0 unspecified atom stereocenters. The van der Waals surface area contributed by atoms with Gasteiger partial charge in [-0.15, -0.1) is 6.58 Å². The van der Waals surface area contributed by atoms with Crippen LogP contribution >= 0.6 is 0 Å². The van der Waals surface area contributed by atoms with Crippen LogP contribution in [0.15, 0.2) is 61.2 Å². The van der Waals surface area contributed by atoms with Gasteiger partial charge in [-0.25, -0.2) is 0 Å². The molecule has 0 aromatic heterocycles. The van der Waals surface area contributed by atoms with Crippen LogP contribution in [-0.4, -0.2) is 0 Å². The molecular weight excluding hydrogens is 350 g/mol. The minimum Gasteiger partial charge on any atom is -0.192 e. The summed E-state index contributed by atoms with van der Waals surface area (Å²) in [5, 5.41) is 8.96. The number of benzene rings is 2. The van der Waals surface area contributed by atoms with Gasteiger partial charge in [0.15, 0.2) is 0 Å². The minimum atomic E-state index is 0.719. The molecule has 0 saturated heterocycles. The van der Waals surface area contributed by atoms with Crippen molar-refractivity contribution < 1.29 is 0 Å². The highest BCUT2D eigenvalue weighted by molar-refractivity contribution is 5.64. The summed E-state index contributed by atoms with van der Waals surface area (Å²) in [7, 11) is 0. The molecule has 2 aliphatic carbocycles. The van der Waals surface area contributed by atoms with Crippen LogP contribution in [0.3, 0.4) is 0 Å². The molecule has 4 rings (SSSR count). The van der Waals surface area contributed by atoms with Crippen molar-refractivity contribution in [3.63, 3.8) is 0 Å². The molecule has 0 radical (unpaired) electrons. The van der Waals surface area contributed by atoms with Gasteiger partial charge in [-0.05, 0) is 110 Å². The Labute approximate surface area is 176 Å². The predicted octanol–water partition coefficient (Wildman–Crippen LogP) is 7.88. The molecule has 0 aliphatic heterocycles. The van der Waals surface area contributed by atoms with E-state index in [2.05, 4.69) is 43.0 Å². The van der Waals surface area contributed by atoms with Gasteiger partial charge in [0, 0.05) is 0 Å². The van der Waals surface area contributed by atoms with Crippen molar-refractivity contribution in [3.8, 4) is 17.2 Å². The zero-order chi connectivity index (χ0) is 20.1. The highest BCUT2D eigenvalue weighted by atomic mass is 14.4. The maximum atomic E-state index is 8.96. The van der Waals surface area contributed by atoms with Gasteiger partial charge in [-0.2, -0.15) is 5.26 Å². The average molecular weight is 384 g/mol. The normalized spacial score (nSPS) is 27.1. The van der Waals surface area contributed by atoms with Crippen LogP contribution < -0.4 is 0 Å². The quantitative estimate of drug-likeness (QED) is 0.482. The Kier molecular flexibility index (Phi) is 6.50. The predicted molar refractivity (Wildman–Crippen MR) is 122 cm³/mol. The maximum absolute atomic E-state index is 8.96. The summed E-state index contributed by atoms with van der Waals surface area (Å²) in [5.41, 5.74) is 4.65. The first-order valence-electron chi connectivity index (χ1n) is 11.5. The van der Waals surface area contributed by atoms with Gasteiger partial charge in [-0.3, -0.25) is 0 Å². The number of allylic oxidation sites excluding steroid dienone is 1. The highest BCUT2D eigenvalue weighted by Crippen LogP contribution is 2.44. The summed E-state index contributed by atoms with van der Waals surface area (Å²) < 4.78 is 0. The van der Waals surface area contributed by atoms with Gasteiger partial charge in [0.05, 0.1) is 11.6 Å². The number of hydrogen-bond donors (Lipinski definition) is 0. The second-order valence-corrected chi connectivity index (χ2v) is 9.23. The molecule has 2 aromatic rings. The van der Waals surface area contributed by atoms with E-state index in [-0.39, 0.29) is 0 Å². The third-order valence-corrected chi connectivity index (χ3v) is 7.56. The molecule has 0 heterocycles. The maximum Gasteiger partial charge on any atom is 0.0991 e. The molecule has 2 aromatic carbocycles. The fraction of sp³-hybridized carbons (Fsp3) is 0.464. The number of hydrogen-bond acceptors (Lipinski definition) is 1. The van der Waals surface area contributed by atoms with E-state index in [0.29, 0.717) is 0 Å². The molecule has 0 atom stereocenters. The summed E-state index contributed by atoms with van der Waals surface area (Å²) in [6.45, 7) is 3.92. The first-order chi connectivity index (χ1) is 14.3. The van der Waals surface area contributed by atoms with Gasteiger partial charge in [0.1, 0.15) is 0 Å². The van der Waals surface area contributed by atoms with Crippen molar-refractivity contribution in [2.24, 2.45) is 17.8 Å². The molecule has 1 heteroatoms. The van der Waals surface area contributed by atoms with Gasteiger partial charge < -0.3 is 0 Å². The van der Waals surface area contributed by atoms with E-state index in [1.807, 2.05) is 24.3 Å². The van der Waals surface area contributed by atoms with Crippen molar-refractivity contribution in [2.45, 2.75) is 63.7 Å². The Hall–Kier alpha value is -2.33. The fourth-order valence-corrected chi connectivity index (χ4v) is 5.74. The zero-order valence-corrected chi connectivity index (χ0v) is 17.5. The lowest BCUT2D eigenvalue weighted by atomic mass is 9.68. The summed E-state index contributed by atoms with van der Waals surface area (Å²) in [5.74, 6) is 3.60. The van der Waals surface area contributed by atoms with E-state index >= 15 is 0 Å². The van der Waals surface area contributed by atoms with Crippen LogP contribution in [-0.2, 0) is 0 Å². The molecule has 0 N–H and O–H groups in total. The average Bonchev–Trinajstić information content (AvgIpc) is 2.80. The lowest BCUT2D eigenvalue weighted by Gasteiger charge is -2.38. The largest absolute Gasteiger partial charge is 0.192 e. The van der Waals surface area contributed by atoms with Crippen molar-refractivity contribution in [1.82, 2.24) is 0 Å². The van der Waals surface area contributed by atoms with Crippen molar-refractivity contribution in [2.75, 3.05) is 0 Å². The van der Waals surface area contributed by atoms with Crippen molar-refractivity contribution >= 4 is 0 Å². The van der Waals surface area contributed by atoms with Crippen LogP contribution in [0.2, 0.25) is 0 Å².